The van der Waals surface area contributed by atoms with Crippen LogP contribution in [0.3, 0.4) is 0 Å². The lowest BCUT2D eigenvalue weighted by atomic mass is 10.1. The van der Waals surface area contributed by atoms with E-state index in [2.05, 4.69) is 9.72 Å². The number of ether oxygens (including phenoxy) is 1. The first kappa shape index (κ1) is 14.2. The fourth-order valence-corrected chi connectivity index (χ4v) is 1.56. The van der Waals surface area contributed by atoms with Gasteiger partial charge in [0.05, 0.1) is 7.11 Å². The Balaban J connectivity index is 2.97. The number of hydrogen-bond donors (Lipinski definition) is 0. The molecule has 0 N–H and O–H groups in total. The van der Waals surface area contributed by atoms with Gasteiger partial charge in [0.15, 0.2) is 0 Å². The third-order valence-corrected chi connectivity index (χ3v) is 2.66. The molecule has 0 fully saturated rings. The molecule has 0 aromatic carbocycles. The molecule has 0 unspecified atom stereocenters. The van der Waals surface area contributed by atoms with Crippen molar-refractivity contribution in [2.45, 2.75) is 26.8 Å². The summed E-state index contributed by atoms with van der Waals surface area (Å²) in [5.41, 5.74) is 1.35. The van der Waals surface area contributed by atoms with Crippen LogP contribution < -0.4 is 0 Å². The van der Waals surface area contributed by atoms with Crippen LogP contribution in [0.4, 0.5) is 0 Å². The van der Waals surface area contributed by atoms with E-state index in [-0.39, 0.29) is 18.5 Å². The molecule has 0 aliphatic rings. The normalized spacial score (nSPS) is 10.3. The summed E-state index contributed by atoms with van der Waals surface area (Å²) in [5.74, 6) is -0.612. The number of aryl methyl sites for hydroxylation is 1. The van der Waals surface area contributed by atoms with Crippen LogP contribution in [0.25, 0.3) is 0 Å². The molecule has 1 rings (SSSR count). The summed E-state index contributed by atoms with van der Waals surface area (Å²) < 4.78 is 4.60. The van der Waals surface area contributed by atoms with Gasteiger partial charge in [0.2, 0.25) is 0 Å². The molecule has 0 saturated heterocycles. The van der Waals surface area contributed by atoms with Gasteiger partial charge in [-0.2, -0.15) is 0 Å². The van der Waals surface area contributed by atoms with Crippen molar-refractivity contribution < 1.29 is 14.3 Å². The Hall–Kier alpha value is -1.91. The van der Waals surface area contributed by atoms with Crippen molar-refractivity contribution in [1.29, 1.82) is 0 Å². The number of rotatable bonds is 4. The van der Waals surface area contributed by atoms with E-state index in [9.17, 15) is 9.59 Å². The Morgan fingerprint density at radius 2 is 2.11 bits per heavy atom. The largest absolute Gasteiger partial charge is 0.468 e. The second kappa shape index (κ2) is 6.14. The highest BCUT2D eigenvalue weighted by Crippen LogP contribution is 2.11. The van der Waals surface area contributed by atoms with Gasteiger partial charge in [-0.05, 0) is 32.4 Å². The van der Waals surface area contributed by atoms with E-state index in [0.717, 1.165) is 5.56 Å². The quantitative estimate of drug-likeness (QED) is 0.758. The zero-order valence-electron chi connectivity index (χ0n) is 11.1. The highest BCUT2D eigenvalue weighted by molar-refractivity contribution is 5.97. The van der Waals surface area contributed by atoms with Crippen molar-refractivity contribution in [3.05, 3.63) is 29.6 Å². The van der Waals surface area contributed by atoms with E-state index in [1.54, 1.807) is 18.5 Å². The van der Waals surface area contributed by atoms with Gasteiger partial charge in [-0.15, -0.1) is 0 Å². The van der Waals surface area contributed by atoms with E-state index in [1.807, 2.05) is 20.8 Å². The number of amides is 1. The standard InChI is InChI=1S/C13H18N2O3/c1-9(2)15(8-12(16)18-4)13(17)11-5-6-14-7-10(11)3/h5-7,9H,8H2,1-4H3. The molecule has 0 radical (unpaired) electrons. The van der Waals surface area contributed by atoms with Gasteiger partial charge in [-0.3, -0.25) is 14.6 Å². The lowest BCUT2D eigenvalue weighted by Crippen LogP contribution is -2.41. The summed E-state index contributed by atoms with van der Waals surface area (Å²) >= 11 is 0. The van der Waals surface area contributed by atoms with Crippen LogP contribution in [-0.2, 0) is 9.53 Å². The van der Waals surface area contributed by atoms with Crippen molar-refractivity contribution in [3.63, 3.8) is 0 Å². The minimum absolute atomic E-state index is 0.0469. The maximum Gasteiger partial charge on any atom is 0.325 e. The van der Waals surface area contributed by atoms with Crippen LogP contribution in [0.15, 0.2) is 18.5 Å². The Labute approximate surface area is 107 Å². The first-order valence-corrected chi connectivity index (χ1v) is 5.75. The van der Waals surface area contributed by atoms with Crippen LogP contribution in [0, 0.1) is 6.92 Å². The van der Waals surface area contributed by atoms with E-state index < -0.39 is 5.97 Å². The number of esters is 1. The highest BCUT2D eigenvalue weighted by atomic mass is 16.5. The summed E-state index contributed by atoms with van der Waals surface area (Å²) in [5, 5.41) is 0. The topological polar surface area (TPSA) is 59.5 Å². The molecule has 0 bridgehead atoms. The summed E-state index contributed by atoms with van der Waals surface area (Å²) in [6, 6.07) is 1.58. The first-order valence-electron chi connectivity index (χ1n) is 5.75. The van der Waals surface area contributed by atoms with Gasteiger partial charge in [0.25, 0.3) is 5.91 Å². The van der Waals surface area contributed by atoms with E-state index in [1.165, 1.54) is 12.0 Å². The number of carbonyl (C=O) groups excluding carboxylic acids is 2. The molecule has 1 aromatic rings. The predicted octanol–water partition coefficient (Wildman–Crippen LogP) is 1.41. The zero-order valence-corrected chi connectivity index (χ0v) is 11.1. The fraction of sp³-hybridized carbons (Fsp3) is 0.462. The third-order valence-electron chi connectivity index (χ3n) is 2.66. The van der Waals surface area contributed by atoms with Gasteiger partial charge in [-0.1, -0.05) is 0 Å². The summed E-state index contributed by atoms with van der Waals surface area (Å²) in [4.78, 5) is 29.1. The van der Waals surface area contributed by atoms with E-state index >= 15 is 0 Å². The SMILES string of the molecule is COC(=O)CN(C(=O)c1ccncc1C)C(C)C. The van der Waals surface area contributed by atoms with Crippen molar-refractivity contribution in [2.75, 3.05) is 13.7 Å². The number of carbonyl (C=O) groups is 2. The molecule has 0 saturated carbocycles. The number of hydrogen-bond acceptors (Lipinski definition) is 4. The second-order valence-electron chi connectivity index (χ2n) is 4.29. The molecular weight excluding hydrogens is 232 g/mol. The average molecular weight is 250 g/mol. The summed E-state index contributed by atoms with van der Waals surface area (Å²) in [6.45, 7) is 5.49. The molecule has 1 amide bonds. The maximum absolute atomic E-state index is 12.3. The Kier molecular flexibility index (Phi) is 4.83. The molecule has 1 aromatic heterocycles. The summed E-state index contributed by atoms with van der Waals surface area (Å²) in [7, 11) is 1.31. The first-order chi connectivity index (χ1) is 8.47. The van der Waals surface area contributed by atoms with Crippen LogP contribution in [-0.4, -0.2) is 41.5 Å². The molecule has 0 atom stereocenters. The van der Waals surface area contributed by atoms with Crippen LogP contribution >= 0.6 is 0 Å². The molecule has 0 aliphatic carbocycles. The summed E-state index contributed by atoms with van der Waals surface area (Å²) in [6.07, 6.45) is 3.20. The Morgan fingerprint density at radius 3 is 2.61 bits per heavy atom. The average Bonchev–Trinajstić information content (AvgIpc) is 2.35. The van der Waals surface area contributed by atoms with Gasteiger partial charge in [0, 0.05) is 24.0 Å². The predicted molar refractivity (Wildman–Crippen MR) is 67.2 cm³/mol. The molecule has 18 heavy (non-hydrogen) atoms. The fourth-order valence-electron chi connectivity index (χ4n) is 1.56. The van der Waals surface area contributed by atoms with Crippen LogP contribution in [0.2, 0.25) is 0 Å². The van der Waals surface area contributed by atoms with Gasteiger partial charge < -0.3 is 9.64 Å². The lowest BCUT2D eigenvalue weighted by molar-refractivity contribution is -0.141. The van der Waals surface area contributed by atoms with Crippen molar-refractivity contribution in [3.8, 4) is 0 Å². The minimum atomic E-state index is -0.427. The van der Waals surface area contributed by atoms with Gasteiger partial charge >= 0.3 is 5.97 Å². The lowest BCUT2D eigenvalue weighted by Gasteiger charge is -2.26. The minimum Gasteiger partial charge on any atom is -0.468 e. The molecule has 5 nitrogen and oxygen atoms in total. The van der Waals surface area contributed by atoms with Crippen molar-refractivity contribution in [2.24, 2.45) is 0 Å². The van der Waals surface area contributed by atoms with Crippen molar-refractivity contribution in [1.82, 2.24) is 9.88 Å². The van der Waals surface area contributed by atoms with Crippen molar-refractivity contribution >= 4 is 11.9 Å². The Bertz CT molecular complexity index is 444. The van der Waals surface area contributed by atoms with Crippen LogP contribution in [0.1, 0.15) is 29.8 Å². The van der Waals surface area contributed by atoms with Crippen LogP contribution in [0.5, 0.6) is 0 Å². The van der Waals surface area contributed by atoms with E-state index in [4.69, 9.17) is 0 Å². The Morgan fingerprint density at radius 1 is 1.44 bits per heavy atom. The smallest absolute Gasteiger partial charge is 0.325 e. The molecule has 98 valence electrons. The number of pyridine rings is 1. The maximum atomic E-state index is 12.3. The number of nitrogens with zero attached hydrogens (tertiary/aromatic N) is 2. The third kappa shape index (κ3) is 3.29. The molecule has 1 heterocycles. The molecule has 5 heteroatoms. The number of aromatic nitrogens is 1. The van der Waals surface area contributed by atoms with Gasteiger partial charge in [0.1, 0.15) is 6.54 Å². The number of methoxy groups -OCH3 is 1. The van der Waals surface area contributed by atoms with Gasteiger partial charge in [-0.25, -0.2) is 0 Å². The zero-order chi connectivity index (χ0) is 13.7. The highest BCUT2D eigenvalue weighted by Gasteiger charge is 2.22. The molecule has 0 spiro atoms. The second-order valence-corrected chi connectivity index (χ2v) is 4.29. The van der Waals surface area contributed by atoms with E-state index in [0.29, 0.717) is 5.56 Å². The monoisotopic (exact) mass is 250 g/mol. The molecule has 0 aliphatic heterocycles. The molecular formula is C13H18N2O3.